The van der Waals surface area contributed by atoms with Gasteiger partial charge in [0.1, 0.15) is 0 Å². The summed E-state index contributed by atoms with van der Waals surface area (Å²) in [5.41, 5.74) is 2.87. The van der Waals surface area contributed by atoms with Crippen LogP contribution in [-0.2, 0) is 6.54 Å². The summed E-state index contributed by atoms with van der Waals surface area (Å²) >= 11 is 5.74. The Morgan fingerprint density at radius 3 is 2.39 bits per heavy atom. The fraction of sp³-hybridized carbons (Fsp3) is 0.600. The van der Waals surface area contributed by atoms with Crippen LogP contribution in [0.25, 0.3) is 0 Å². The monoisotopic (exact) mass is 266 g/mol. The van der Waals surface area contributed by atoms with E-state index < -0.39 is 0 Å². The Morgan fingerprint density at radius 1 is 1.06 bits per heavy atom. The van der Waals surface area contributed by atoms with Gasteiger partial charge in [-0.3, -0.25) is 4.90 Å². The molecule has 1 aliphatic heterocycles. The number of halogens is 1. The highest BCUT2D eigenvalue weighted by molar-refractivity contribution is 6.17. The van der Waals surface area contributed by atoms with Gasteiger partial charge in [0.15, 0.2) is 0 Å². The summed E-state index contributed by atoms with van der Waals surface area (Å²) in [5.74, 6) is 0.781. The second-order valence-electron chi connectivity index (χ2n) is 5.09. The molecule has 1 fully saturated rings. The molecule has 0 amide bonds. The molecular formula is C15H23ClN2. The Morgan fingerprint density at radius 2 is 1.72 bits per heavy atom. The standard InChI is InChI=1S/C15H23ClN2/c1-14-5-2-3-6-15(14)13-18-11-9-17(10-12-18)8-4-7-16/h2-3,5-6H,4,7-13H2,1H3. The lowest BCUT2D eigenvalue weighted by molar-refractivity contribution is 0.127. The number of hydrogen-bond acceptors (Lipinski definition) is 2. The van der Waals surface area contributed by atoms with Gasteiger partial charge in [-0.05, 0) is 31.0 Å². The van der Waals surface area contributed by atoms with E-state index in [1.54, 1.807) is 0 Å². The number of hydrogen-bond donors (Lipinski definition) is 0. The van der Waals surface area contributed by atoms with Gasteiger partial charge in [0.25, 0.3) is 0 Å². The normalized spacial score (nSPS) is 18.1. The highest BCUT2D eigenvalue weighted by Gasteiger charge is 2.16. The van der Waals surface area contributed by atoms with E-state index in [1.165, 1.54) is 37.3 Å². The molecule has 2 nitrogen and oxygen atoms in total. The van der Waals surface area contributed by atoms with Crippen molar-refractivity contribution >= 4 is 11.6 Å². The fourth-order valence-corrected chi connectivity index (χ4v) is 2.60. The molecule has 0 bridgehead atoms. The minimum Gasteiger partial charge on any atom is -0.301 e. The van der Waals surface area contributed by atoms with Crippen molar-refractivity contribution in [2.45, 2.75) is 19.9 Å². The van der Waals surface area contributed by atoms with Crippen LogP contribution in [0.2, 0.25) is 0 Å². The molecule has 1 aromatic carbocycles. The van der Waals surface area contributed by atoms with E-state index in [9.17, 15) is 0 Å². The van der Waals surface area contributed by atoms with Crippen LogP contribution in [0, 0.1) is 6.92 Å². The minimum absolute atomic E-state index is 0.781. The third-order valence-electron chi connectivity index (χ3n) is 3.73. The molecule has 0 N–H and O–H groups in total. The first kappa shape index (κ1) is 13.9. The van der Waals surface area contributed by atoms with Gasteiger partial charge in [0, 0.05) is 38.6 Å². The summed E-state index contributed by atoms with van der Waals surface area (Å²) in [5, 5.41) is 0. The van der Waals surface area contributed by atoms with E-state index in [0.29, 0.717) is 0 Å². The van der Waals surface area contributed by atoms with E-state index in [4.69, 9.17) is 11.6 Å². The third kappa shape index (κ3) is 3.98. The summed E-state index contributed by atoms with van der Waals surface area (Å²) in [6, 6.07) is 8.70. The van der Waals surface area contributed by atoms with Crippen molar-refractivity contribution in [2.24, 2.45) is 0 Å². The number of benzene rings is 1. The quantitative estimate of drug-likeness (QED) is 0.757. The number of rotatable bonds is 5. The molecule has 1 aromatic rings. The average Bonchev–Trinajstić information content (AvgIpc) is 2.41. The smallest absolute Gasteiger partial charge is 0.0237 e. The van der Waals surface area contributed by atoms with Crippen molar-refractivity contribution in [3.05, 3.63) is 35.4 Å². The molecule has 1 saturated heterocycles. The highest BCUT2D eigenvalue weighted by Crippen LogP contribution is 2.12. The molecule has 0 saturated carbocycles. The maximum absolute atomic E-state index is 5.74. The summed E-state index contributed by atoms with van der Waals surface area (Å²) in [7, 11) is 0. The van der Waals surface area contributed by atoms with Crippen LogP contribution < -0.4 is 0 Å². The van der Waals surface area contributed by atoms with Gasteiger partial charge in [-0.25, -0.2) is 0 Å². The first-order chi connectivity index (χ1) is 8.79. The zero-order valence-corrected chi connectivity index (χ0v) is 12.0. The number of aryl methyl sites for hydroxylation is 1. The summed E-state index contributed by atoms with van der Waals surface area (Å²) in [6.07, 6.45) is 1.11. The van der Waals surface area contributed by atoms with E-state index in [1.807, 2.05) is 0 Å². The van der Waals surface area contributed by atoms with Crippen LogP contribution in [0.3, 0.4) is 0 Å². The van der Waals surface area contributed by atoms with Crippen LogP contribution in [0.4, 0.5) is 0 Å². The lowest BCUT2D eigenvalue weighted by Crippen LogP contribution is -2.46. The number of nitrogens with zero attached hydrogens (tertiary/aromatic N) is 2. The van der Waals surface area contributed by atoms with Gasteiger partial charge in [-0.2, -0.15) is 0 Å². The predicted molar refractivity (Wildman–Crippen MR) is 78.2 cm³/mol. The minimum atomic E-state index is 0.781. The van der Waals surface area contributed by atoms with Gasteiger partial charge < -0.3 is 4.90 Å². The van der Waals surface area contributed by atoms with Crippen LogP contribution in [0.5, 0.6) is 0 Å². The fourth-order valence-electron chi connectivity index (χ4n) is 2.48. The molecule has 3 heteroatoms. The van der Waals surface area contributed by atoms with Crippen molar-refractivity contribution in [2.75, 3.05) is 38.6 Å². The van der Waals surface area contributed by atoms with E-state index in [0.717, 1.165) is 25.4 Å². The van der Waals surface area contributed by atoms with Crippen molar-refractivity contribution in [1.29, 1.82) is 0 Å². The summed E-state index contributed by atoms with van der Waals surface area (Å²) in [6.45, 7) is 9.17. The lowest BCUT2D eigenvalue weighted by Gasteiger charge is -2.34. The first-order valence-electron chi connectivity index (χ1n) is 6.85. The molecule has 1 aliphatic rings. The van der Waals surface area contributed by atoms with E-state index in [-0.39, 0.29) is 0 Å². The lowest BCUT2D eigenvalue weighted by atomic mass is 10.1. The molecular weight excluding hydrogens is 244 g/mol. The molecule has 2 rings (SSSR count). The van der Waals surface area contributed by atoms with Gasteiger partial charge in [0.05, 0.1) is 0 Å². The Balaban J connectivity index is 1.78. The molecule has 0 unspecified atom stereocenters. The highest BCUT2D eigenvalue weighted by atomic mass is 35.5. The molecule has 0 radical (unpaired) electrons. The van der Waals surface area contributed by atoms with Gasteiger partial charge in [0.2, 0.25) is 0 Å². The van der Waals surface area contributed by atoms with Crippen LogP contribution in [0.15, 0.2) is 24.3 Å². The number of alkyl halides is 1. The van der Waals surface area contributed by atoms with Crippen LogP contribution in [0.1, 0.15) is 17.5 Å². The third-order valence-corrected chi connectivity index (χ3v) is 4.00. The largest absolute Gasteiger partial charge is 0.301 e. The van der Waals surface area contributed by atoms with Crippen LogP contribution >= 0.6 is 11.6 Å². The second-order valence-corrected chi connectivity index (χ2v) is 5.46. The second kappa shape index (κ2) is 7.13. The maximum Gasteiger partial charge on any atom is 0.0237 e. The van der Waals surface area contributed by atoms with E-state index in [2.05, 4.69) is 41.0 Å². The Hall–Kier alpha value is -0.570. The molecule has 100 valence electrons. The van der Waals surface area contributed by atoms with Crippen LogP contribution in [-0.4, -0.2) is 48.4 Å². The SMILES string of the molecule is Cc1ccccc1CN1CCN(CCCCl)CC1. The molecule has 0 aromatic heterocycles. The first-order valence-corrected chi connectivity index (χ1v) is 7.38. The molecule has 0 aliphatic carbocycles. The summed E-state index contributed by atoms with van der Waals surface area (Å²) < 4.78 is 0. The zero-order chi connectivity index (χ0) is 12.8. The maximum atomic E-state index is 5.74. The van der Waals surface area contributed by atoms with Crippen molar-refractivity contribution < 1.29 is 0 Å². The Kier molecular flexibility index (Phi) is 5.48. The van der Waals surface area contributed by atoms with Crippen molar-refractivity contribution in [3.8, 4) is 0 Å². The molecule has 18 heavy (non-hydrogen) atoms. The molecule has 1 heterocycles. The predicted octanol–water partition coefficient (Wildman–Crippen LogP) is 2.74. The number of piperazine rings is 1. The average molecular weight is 267 g/mol. The van der Waals surface area contributed by atoms with Gasteiger partial charge in [-0.1, -0.05) is 24.3 Å². The van der Waals surface area contributed by atoms with Crippen molar-refractivity contribution in [3.63, 3.8) is 0 Å². The van der Waals surface area contributed by atoms with Gasteiger partial charge in [-0.15, -0.1) is 11.6 Å². The topological polar surface area (TPSA) is 6.48 Å². The zero-order valence-electron chi connectivity index (χ0n) is 11.2. The molecule has 0 spiro atoms. The van der Waals surface area contributed by atoms with E-state index >= 15 is 0 Å². The van der Waals surface area contributed by atoms with Gasteiger partial charge >= 0.3 is 0 Å². The summed E-state index contributed by atoms with van der Waals surface area (Å²) in [4.78, 5) is 5.08. The molecule has 0 atom stereocenters. The van der Waals surface area contributed by atoms with Crippen molar-refractivity contribution in [1.82, 2.24) is 9.80 Å². The Bertz CT molecular complexity index is 359. The Labute approximate surface area is 116 Å².